The van der Waals surface area contributed by atoms with Crippen molar-refractivity contribution in [2.24, 2.45) is 0 Å². The molecule has 0 saturated carbocycles. The second-order valence-corrected chi connectivity index (χ2v) is 13.2. The molecule has 5 heterocycles. The van der Waals surface area contributed by atoms with E-state index in [1.807, 2.05) is 18.2 Å². The van der Waals surface area contributed by atoms with Gasteiger partial charge in [-0.15, -0.1) is 22.1 Å². The zero-order valence-corrected chi connectivity index (χ0v) is 32.1. The Morgan fingerprint density at radius 1 is 0.340 bits per heavy atom. The molecule has 0 amide bonds. The van der Waals surface area contributed by atoms with Gasteiger partial charge in [-0.25, -0.2) is 9.97 Å². The Bertz CT molecular complexity index is 2550. The van der Waals surface area contributed by atoms with E-state index in [0.717, 1.165) is 89.4 Å². The molecule has 0 radical (unpaired) electrons. The van der Waals surface area contributed by atoms with Gasteiger partial charge in [-0.3, -0.25) is 0 Å². The van der Waals surface area contributed by atoms with E-state index in [2.05, 4.69) is 168 Å². The van der Waals surface area contributed by atoms with Gasteiger partial charge in [0.1, 0.15) is 0 Å². The summed E-state index contributed by atoms with van der Waals surface area (Å²) in [6, 6.07) is 48.2. The summed E-state index contributed by atoms with van der Waals surface area (Å²) in [4.78, 5) is 21.3. The van der Waals surface area contributed by atoms with E-state index in [0.29, 0.717) is 0 Å². The molecule has 50 heavy (non-hydrogen) atoms. The Morgan fingerprint density at radius 3 is 0.920 bits per heavy atom. The van der Waals surface area contributed by atoms with Gasteiger partial charge in [0.05, 0.1) is 22.8 Å². The third-order valence-corrected chi connectivity index (χ3v) is 9.65. The van der Waals surface area contributed by atoms with Crippen LogP contribution < -0.4 is 9.97 Å². The van der Waals surface area contributed by atoms with E-state index in [9.17, 15) is 0 Å². The molecular weight excluding hydrogens is 777 g/mol. The van der Waals surface area contributed by atoms with E-state index >= 15 is 0 Å². The van der Waals surface area contributed by atoms with Gasteiger partial charge in [0.2, 0.25) is 0 Å². The molecule has 2 aliphatic rings. The van der Waals surface area contributed by atoms with Gasteiger partial charge in [0.25, 0.3) is 0 Å². The smallest absolute Gasteiger partial charge is 0.657 e. The Balaban J connectivity index is 0.00000361. The first kappa shape index (κ1) is 32.1. The average molecular weight is 804 g/mol. The summed E-state index contributed by atoms with van der Waals surface area (Å²) in [6.45, 7) is 0. The van der Waals surface area contributed by atoms with Crippen LogP contribution in [0.4, 0.5) is 0 Å². The molecular formula is C44H27IN4Zn. The SMILES string of the molecule is Ic1ccc(-c2c3nc(c(-c4ccccc4)c4ccc([n-]4)c(-c4ccccc4)c4nc(c(-c5ccccc5)c5ccc2[n-]5)C=C4)C=C3)cc1.[Zn+2]. The van der Waals surface area contributed by atoms with E-state index in [4.69, 9.17) is 19.9 Å². The molecule has 232 valence electrons. The van der Waals surface area contributed by atoms with Gasteiger partial charge < -0.3 is 9.97 Å². The second-order valence-electron chi connectivity index (χ2n) is 12.0. The Labute approximate surface area is 316 Å². The first-order valence-corrected chi connectivity index (χ1v) is 17.3. The average Bonchev–Trinajstić information content (AvgIpc) is 3.98. The van der Waals surface area contributed by atoms with E-state index in [-0.39, 0.29) is 19.5 Å². The fourth-order valence-electron chi connectivity index (χ4n) is 6.70. The predicted octanol–water partition coefficient (Wildman–Crippen LogP) is 11.2. The fourth-order valence-corrected chi connectivity index (χ4v) is 7.06. The summed E-state index contributed by atoms with van der Waals surface area (Å²) >= 11 is 2.35. The second kappa shape index (κ2) is 13.6. The van der Waals surface area contributed by atoms with Crippen molar-refractivity contribution in [3.63, 3.8) is 0 Å². The minimum Gasteiger partial charge on any atom is -0.657 e. The van der Waals surface area contributed by atoms with E-state index < -0.39 is 0 Å². The van der Waals surface area contributed by atoms with Gasteiger partial charge in [-0.1, -0.05) is 127 Å². The van der Waals surface area contributed by atoms with Crippen LogP contribution in [0.3, 0.4) is 0 Å². The van der Waals surface area contributed by atoms with E-state index in [1.165, 1.54) is 3.57 Å². The number of hydrogen-bond donors (Lipinski definition) is 0. The van der Waals surface area contributed by atoms with Gasteiger partial charge in [-0.05, 0) is 104 Å². The standard InChI is InChI=1S/C44H27IN4.Zn/c45-32-18-16-31(17-19-32)44-39-26-24-37(48-39)42(29-12-6-2-7-13-29)35-22-20-33(46-35)41(28-10-4-1-5-11-28)34-21-23-36(47-34)43(30-14-8-3-9-15-30)38-25-27-40(44)49-38;/h1-27H;/q-2;+2. The van der Waals surface area contributed by atoms with E-state index in [1.54, 1.807) is 0 Å². The Morgan fingerprint density at radius 2 is 0.620 bits per heavy atom. The number of fused-ring (bicyclic) bond motifs is 8. The van der Waals surface area contributed by atoms with Crippen LogP contribution in [0.5, 0.6) is 0 Å². The molecule has 0 aliphatic carbocycles. The van der Waals surface area contributed by atoms with Crippen LogP contribution in [0.1, 0.15) is 22.8 Å². The van der Waals surface area contributed by atoms with Crippen molar-refractivity contribution >= 4 is 69.0 Å². The third-order valence-electron chi connectivity index (χ3n) is 8.93. The molecule has 0 unspecified atom stereocenters. The molecule has 9 rings (SSSR count). The zero-order chi connectivity index (χ0) is 32.7. The van der Waals surface area contributed by atoms with Crippen molar-refractivity contribution in [2.45, 2.75) is 0 Å². The molecule has 0 N–H and O–H groups in total. The number of benzene rings is 4. The molecule has 6 heteroatoms. The molecule has 2 aliphatic heterocycles. The van der Waals surface area contributed by atoms with Gasteiger partial charge in [0.15, 0.2) is 0 Å². The van der Waals surface area contributed by atoms with Crippen LogP contribution in [0, 0.1) is 3.57 Å². The molecule has 4 aromatic carbocycles. The molecule has 0 saturated heterocycles. The number of hydrogen-bond acceptors (Lipinski definition) is 2. The summed E-state index contributed by atoms with van der Waals surface area (Å²) in [5.41, 5.74) is 15.0. The molecule has 8 bridgehead atoms. The van der Waals surface area contributed by atoms with Crippen molar-refractivity contribution in [1.82, 2.24) is 19.9 Å². The molecule has 0 spiro atoms. The van der Waals surface area contributed by atoms with Crippen LogP contribution in [0.25, 0.3) is 90.9 Å². The molecule has 3 aromatic heterocycles. The van der Waals surface area contributed by atoms with Crippen molar-refractivity contribution in [1.29, 1.82) is 0 Å². The van der Waals surface area contributed by atoms with Gasteiger partial charge in [0, 0.05) is 3.57 Å². The summed E-state index contributed by atoms with van der Waals surface area (Å²) in [6.07, 6.45) is 8.42. The summed E-state index contributed by atoms with van der Waals surface area (Å²) < 4.78 is 1.17. The Kier molecular flexibility index (Phi) is 8.74. The van der Waals surface area contributed by atoms with Crippen molar-refractivity contribution in [3.8, 4) is 44.5 Å². The minimum atomic E-state index is 0. The van der Waals surface area contributed by atoms with Crippen LogP contribution in [-0.4, -0.2) is 9.97 Å². The topological polar surface area (TPSA) is 54.0 Å². The first-order chi connectivity index (χ1) is 24.2. The van der Waals surface area contributed by atoms with Crippen molar-refractivity contribution in [2.75, 3.05) is 0 Å². The summed E-state index contributed by atoms with van der Waals surface area (Å²) in [5.74, 6) is 0. The number of aromatic nitrogens is 4. The molecule has 0 fully saturated rings. The van der Waals surface area contributed by atoms with Crippen LogP contribution in [0.15, 0.2) is 140 Å². The summed E-state index contributed by atoms with van der Waals surface area (Å²) in [5, 5.41) is 0. The van der Waals surface area contributed by atoms with Gasteiger partial charge in [-0.2, -0.15) is 0 Å². The Hall–Kier alpha value is -5.17. The molecule has 0 atom stereocenters. The number of nitrogens with zero attached hydrogens (tertiary/aromatic N) is 4. The van der Waals surface area contributed by atoms with Crippen molar-refractivity contribution in [3.05, 3.63) is 166 Å². The van der Waals surface area contributed by atoms with Gasteiger partial charge >= 0.3 is 19.5 Å². The molecule has 4 nitrogen and oxygen atoms in total. The minimum absolute atomic E-state index is 0. The maximum absolute atomic E-state index is 5.33. The van der Waals surface area contributed by atoms with Crippen LogP contribution in [0.2, 0.25) is 0 Å². The number of halogens is 1. The summed E-state index contributed by atoms with van der Waals surface area (Å²) in [7, 11) is 0. The third kappa shape index (κ3) is 5.89. The maximum atomic E-state index is 5.33. The normalized spacial score (nSPS) is 11.8. The monoisotopic (exact) mass is 802 g/mol. The quantitative estimate of drug-likeness (QED) is 0.131. The molecule has 7 aromatic rings. The largest absolute Gasteiger partial charge is 2.00 e. The first-order valence-electron chi connectivity index (χ1n) is 16.2. The van der Waals surface area contributed by atoms with Crippen LogP contribution in [-0.2, 0) is 19.5 Å². The van der Waals surface area contributed by atoms with Crippen molar-refractivity contribution < 1.29 is 19.5 Å². The number of rotatable bonds is 4. The maximum Gasteiger partial charge on any atom is 2.00 e. The van der Waals surface area contributed by atoms with Crippen LogP contribution >= 0.6 is 22.6 Å². The zero-order valence-electron chi connectivity index (χ0n) is 27.0. The predicted molar refractivity (Wildman–Crippen MR) is 211 cm³/mol. The fraction of sp³-hybridized carbons (Fsp3) is 0.